The van der Waals surface area contributed by atoms with Gasteiger partial charge in [0.15, 0.2) is 0 Å². The molecule has 2 unspecified atom stereocenters. The van der Waals surface area contributed by atoms with Crippen LogP contribution in [0.5, 0.6) is 0 Å². The lowest BCUT2D eigenvalue weighted by Gasteiger charge is -2.30. The summed E-state index contributed by atoms with van der Waals surface area (Å²) in [5.41, 5.74) is 2.47. The zero-order valence-corrected chi connectivity index (χ0v) is 14.2. The van der Waals surface area contributed by atoms with E-state index in [0.717, 1.165) is 35.9 Å². The summed E-state index contributed by atoms with van der Waals surface area (Å²) in [5, 5.41) is 7.59. The highest BCUT2D eigenvalue weighted by atomic mass is 35.5. The van der Waals surface area contributed by atoms with Gasteiger partial charge in [0.25, 0.3) is 0 Å². The first-order valence-corrected chi connectivity index (χ1v) is 8.51. The summed E-state index contributed by atoms with van der Waals surface area (Å²) in [7, 11) is 0. The molecule has 0 aliphatic carbocycles. The fourth-order valence-electron chi connectivity index (χ4n) is 3.08. The van der Waals surface area contributed by atoms with E-state index in [9.17, 15) is 0 Å². The lowest BCUT2D eigenvalue weighted by atomic mass is 9.95. The molecule has 3 aromatic rings. The van der Waals surface area contributed by atoms with Crippen molar-refractivity contribution >= 4 is 23.1 Å². The molecule has 1 fully saturated rings. The minimum atomic E-state index is 0.365. The quantitative estimate of drug-likeness (QED) is 0.766. The second kappa shape index (κ2) is 6.37. The number of nitrogens with one attached hydrogen (secondary N) is 2. The number of imidazole rings is 1. The third-order valence-corrected chi connectivity index (χ3v) is 4.77. The molecule has 0 amide bonds. The van der Waals surface area contributed by atoms with Crippen molar-refractivity contribution in [2.24, 2.45) is 5.92 Å². The van der Waals surface area contributed by atoms with Crippen LogP contribution < -0.4 is 10.6 Å². The van der Waals surface area contributed by atoms with Crippen LogP contribution in [0.2, 0.25) is 5.02 Å². The molecule has 1 aliphatic heterocycles. The van der Waals surface area contributed by atoms with E-state index in [-0.39, 0.29) is 0 Å². The maximum atomic E-state index is 6.02. The molecule has 0 radical (unpaired) electrons. The Morgan fingerprint density at radius 2 is 2.25 bits per heavy atom. The Labute approximate surface area is 145 Å². The molecule has 2 N–H and O–H groups in total. The lowest BCUT2D eigenvalue weighted by molar-refractivity contribution is 0.366. The summed E-state index contributed by atoms with van der Waals surface area (Å²) < 4.78 is 1.96. The monoisotopic (exact) mass is 342 g/mol. The van der Waals surface area contributed by atoms with E-state index >= 15 is 0 Å². The van der Waals surface area contributed by atoms with Crippen LogP contribution in [0, 0.1) is 5.92 Å². The van der Waals surface area contributed by atoms with E-state index in [1.54, 1.807) is 18.6 Å². The zero-order chi connectivity index (χ0) is 16.5. The van der Waals surface area contributed by atoms with Crippen LogP contribution in [0.3, 0.4) is 0 Å². The van der Waals surface area contributed by atoms with Crippen LogP contribution in [-0.2, 0) is 0 Å². The average Bonchev–Trinajstić information content (AvgIpc) is 3.00. The van der Waals surface area contributed by atoms with Crippen LogP contribution in [0.15, 0.2) is 36.9 Å². The summed E-state index contributed by atoms with van der Waals surface area (Å²) in [6.45, 7) is 4.29. The second-order valence-electron chi connectivity index (χ2n) is 6.23. The molecule has 7 heteroatoms. The fraction of sp³-hybridized carbons (Fsp3) is 0.353. The minimum Gasteiger partial charge on any atom is -0.364 e. The van der Waals surface area contributed by atoms with E-state index in [1.807, 2.05) is 22.7 Å². The van der Waals surface area contributed by atoms with Crippen molar-refractivity contribution in [3.63, 3.8) is 0 Å². The van der Waals surface area contributed by atoms with Gasteiger partial charge in [-0.25, -0.2) is 9.97 Å². The largest absolute Gasteiger partial charge is 0.364 e. The van der Waals surface area contributed by atoms with Gasteiger partial charge in [0.1, 0.15) is 17.2 Å². The van der Waals surface area contributed by atoms with Gasteiger partial charge in [0.2, 0.25) is 0 Å². The smallest absolute Gasteiger partial charge is 0.145 e. The summed E-state index contributed by atoms with van der Waals surface area (Å²) in [6.07, 6.45) is 8.38. The summed E-state index contributed by atoms with van der Waals surface area (Å²) in [4.78, 5) is 13.5. The van der Waals surface area contributed by atoms with Crippen molar-refractivity contribution in [1.82, 2.24) is 24.7 Å². The van der Waals surface area contributed by atoms with E-state index in [1.165, 1.54) is 6.42 Å². The molecular weight excluding hydrogens is 324 g/mol. The SMILES string of the molecule is CC1CCNCC1Nc1cncc(-c2cnc3cc(Cl)ccn23)n1. The molecule has 0 bridgehead atoms. The second-order valence-corrected chi connectivity index (χ2v) is 6.66. The fourth-order valence-corrected chi connectivity index (χ4v) is 3.23. The molecule has 3 aromatic heterocycles. The van der Waals surface area contributed by atoms with Crippen LogP contribution in [0.4, 0.5) is 5.82 Å². The Morgan fingerprint density at radius 3 is 3.12 bits per heavy atom. The van der Waals surface area contributed by atoms with Crippen molar-refractivity contribution < 1.29 is 0 Å². The topological polar surface area (TPSA) is 67.1 Å². The van der Waals surface area contributed by atoms with Crippen molar-refractivity contribution in [1.29, 1.82) is 0 Å². The number of pyridine rings is 1. The van der Waals surface area contributed by atoms with Crippen LogP contribution in [-0.4, -0.2) is 38.5 Å². The summed E-state index contributed by atoms with van der Waals surface area (Å²) in [6, 6.07) is 4.03. The third-order valence-electron chi connectivity index (χ3n) is 4.53. The van der Waals surface area contributed by atoms with E-state index < -0.39 is 0 Å². The molecular formula is C17H19ClN6. The van der Waals surface area contributed by atoms with Gasteiger partial charge in [-0.05, 0) is 24.9 Å². The van der Waals surface area contributed by atoms with Crippen LogP contribution in [0.1, 0.15) is 13.3 Å². The molecule has 4 rings (SSSR count). The summed E-state index contributed by atoms with van der Waals surface area (Å²) >= 11 is 6.02. The van der Waals surface area contributed by atoms with Crippen molar-refractivity contribution in [3.05, 3.63) is 41.9 Å². The van der Waals surface area contributed by atoms with Crippen LogP contribution in [0.25, 0.3) is 17.0 Å². The predicted octanol–water partition coefficient (Wildman–Crippen LogP) is 2.85. The number of nitrogens with zero attached hydrogens (tertiary/aromatic N) is 4. The summed E-state index contributed by atoms with van der Waals surface area (Å²) in [5.74, 6) is 1.40. The first kappa shape index (κ1) is 15.4. The number of fused-ring (bicyclic) bond motifs is 1. The molecule has 0 aromatic carbocycles. The molecule has 124 valence electrons. The van der Waals surface area contributed by atoms with Crippen molar-refractivity contribution in [2.75, 3.05) is 18.4 Å². The number of piperidine rings is 1. The average molecular weight is 343 g/mol. The first-order chi connectivity index (χ1) is 11.7. The molecule has 1 saturated heterocycles. The Bertz CT molecular complexity index is 861. The molecule has 24 heavy (non-hydrogen) atoms. The van der Waals surface area contributed by atoms with Gasteiger partial charge in [-0.15, -0.1) is 0 Å². The zero-order valence-electron chi connectivity index (χ0n) is 13.4. The molecule has 4 heterocycles. The van der Waals surface area contributed by atoms with Gasteiger partial charge in [-0.1, -0.05) is 18.5 Å². The first-order valence-electron chi connectivity index (χ1n) is 8.13. The number of hydrogen-bond donors (Lipinski definition) is 2. The molecule has 0 saturated carbocycles. The Balaban J connectivity index is 1.64. The standard InChI is InChI=1S/C17H19ClN6/c1-11-2-4-19-7-13(11)22-16-10-20-8-14(23-16)15-9-21-17-6-12(18)3-5-24(15)17/h3,5-6,8-11,13,19H,2,4,7H2,1H3,(H,22,23). The lowest BCUT2D eigenvalue weighted by Crippen LogP contribution is -2.44. The number of aromatic nitrogens is 4. The third kappa shape index (κ3) is 2.95. The molecule has 1 aliphatic rings. The number of anilines is 1. The Morgan fingerprint density at radius 1 is 1.33 bits per heavy atom. The van der Waals surface area contributed by atoms with Gasteiger partial charge in [0.05, 0.1) is 24.3 Å². The van der Waals surface area contributed by atoms with Crippen LogP contribution >= 0.6 is 11.6 Å². The van der Waals surface area contributed by atoms with E-state index in [2.05, 4.69) is 27.5 Å². The number of rotatable bonds is 3. The van der Waals surface area contributed by atoms with Crippen molar-refractivity contribution in [3.8, 4) is 11.4 Å². The number of hydrogen-bond acceptors (Lipinski definition) is 5. The maximum absolute atomic E-state index is 6.02. The van der Waals surface area contributed by atoms with Crippen molar-refractivity contribution in [2.45, 2.75) is 19.4 Å². The highest BCUT2D eigenvalue weighted by Crippen LogP contribution is 2.22. The number of halogens is 1. The molecule has 2 atom stereocenters. The maximum Gasteiger partial charge on any atom is 0.145 e. The van der Waals surface area contributed by atoms with Gasteiger partial charge in [-0.2, -0.15) is 0 Å². The van der Waals surface area contributed by atoms with E-state index in [4.69, 9.17) is 16.6 Å². The van der Waals surface area contributed by atoms with Gasteiger partial charge in [-0.3, -0.25) is 9.38 Å². The predicted molar refractivity (Wildman–Crippen MR) is 95.3 cm³/mol. The highest BCUT2D eigenvalue weighted by Gasteiger charge is 2.21. The Hall–Kier alpha value is -2.18. The normalized spacial score (nSPS) is 21.1. The highest BCUT2D eigenvalue weighted by molar-refractivity contribution is 6.30. The van der Waals surface area contributed by atoms with Gasteiger partial charge >= 0.3 is 0 Å². The van der Waals surface area contributed by atoms with E-state index in [0.29, 0.717) is 17.0 Å². The minimum absolute atomic E-state index is 0.365. The molecule has 0 spiro atoms. The molecule has 6 nitrogen and oxygen atoms in total. The van der Waals surface area contributed by atoms with Gasteiger partial charge < -0.3 is 10.6 Å². The Kier molecular flexibility index (Phi) is 4.08. The van der Waals surface area contributed by atoms with Gasteiger partial charge in [0, 0.05) is 29.9 Å².